The van der Waals surface area contributed by atoms with Gasteiger partial charge in [-0.05, 0) is 19.2 Å². The summed E-state index contributed by atoms with van der Waals surface area (Å²) in [6, 6.07) is 4.10. The van der Waals surface area contributed by atoms with E-state index in [-0.39, 0.29) is 11.4 Å². The maximum Gasteiger partial charge on any atom is 0.261 e. The van der Waals surface area contributed by atoms with E-state index in [9.17, 15) is 9.18 Å². The minimum atomic E-state index is -0.371. The van der Waals surface area contributed by atoms with Crippen molar-refractivity contribution in [3.8, 4) is 0 Å². The third kappa shape index (κ3) is 3.11. The van der Waals surface area contributed by atoms with Gasteiger partial charge in [0.25, 0.3) is 5.56 Å². The maximum absolute atomic E-state index is 13.1. The number of aromatic nitrogens is 2. The van der Waals surface area contributed by atoms with Crippen molar-refractivity contribution in [1.82, 2.24) is 19.4 Å². The summed E-state index contributed by atoms with van der Waals surface area (Å²) in [5.41, 5.74) is 0.310. The molecule has 1 fully saturated rings. The number of likely N-dealkylation sites (N-methyl/N-ethyl adjacent to an activating group) is 1. The number of rotatable bonds is 3. The van der Waals surface area contributed by atoms with E-state index in [4.69, 9.17) is 0 Å². The van der Waals surface area contributed by atoms with Gasteiger partial charge in [0, 0.05) is 45.3 Å². The first-order chi connectivity index (χ1) is 10.1. The summed E-state index contributed by atoms with van der Waals surface area (Å²) in [6.07, 6.45) is 1.51. The first kappa shape index (κ1) is 14.2. The van der Waals surface area contributed by atoms with Crippen LogP contribution in [0.3, 0.4) is 0 Å². The molecule has 1 aliphatic rings. The van der Waals surface area contributed by atoms with Crippen LogP contribution in [0, 0.1) is 5.82 Å². The lowest BCUT2D eigenvalue weighted by Gasteiger charge is -2.32. The molecule has 5 nitrogen and oxygen atoms in total. The standard InChI is InChI=1S/C15H19FN4O/c1-18-4-6-19(7-5-18)8-9-20-11-17-14-10-12(16)2-3-13(14)15(20)21/h2-3,10-11H,4-9H2,1H3. The van der Waals surface area contributed by atoms with E-state index in [1.165, 1.54) is 24.5 Å². The number of hydrogen-bond acceptors (Lipinski definition) is 4. The predicted octanol–water partition coefficient (Wildman–Crippen LogP) is 0.783. The van der Waals surface area contributed by atoms with Crippen LogP contribution in [0.15, 0.2) is 29.3 Å². The second-order valence-electron chi connectivity index (χ2n) is 5.55. The zero-order chi connectivity index (χ0) is 14.8. The van der Waals surface area contributed by atoms with Gasteiger partial charge >= 0.3 is 0 Å². The second-order valence-corrected chi connectivity index (χ2v) is 5.55. The van der Waals surface area contributed by atoms with Gasteiger partial charge in [-0.25, -0.2) is 9.37 Å². The van der Waals surface area contributed by atoms with E-state index >= 15 is 0 Å². The van der Waals surface area contributed by atoms with Crippen LogP contribution in [0.5, 0.6) is 0 Å². The summed E-state index contributed by atoms with van der Waals surface area (Å²) in [6.45, 7) is 5.62. The molecule has 0 spiro atoms. The zero-order valence-electron chi connectivity index (χ0n) is 12.1. The normalized spacial score (nSPS) is 17.4. The van der Waals surface area contributed by atoms with Crippen molar-refractivity contribution in [1.29, 1.82) is 0 Å². The first-order valence-electron chi connectivity index (χ1n) is 7.19. The molecular weight excluding hydrogens is 271 g/mol. The van der Waals surface area contributed by atoms with Crippen molar-refractivity contribution in [2.45, 2.75) is 6.54 Å². The molecule has 0 atom stereocenters. The average molecular weight is 290 g/mol. The minimum absolute atomic E-state index is 0.103. The lowest BCUT2D eigenvalue weighted by atomic mass is 10.2. The van der Waals surface area contributed by atoms with Crippen LogP contribution in [0.4, 0.5) is 4.39 Å². The molecule has 0 saturated carbocycles. The van der Waals surface area contributed by atoms with Gasteiger partial charge in [0.1, 0.15) is 5.82 Å². The largest absolute Gasteiger partial charge is 0.304 e. The van der Waals surface area contributed by atoms with E-state index in [1.54, 1.807) is 4.57 Å². The van der Waals surface area contributed by atoms with Gasteiger partial charge in [0.05, 0.1) is 17.2 Å². The Morgan fingerprint density at radius 2 is 1.95 bits per heavy atom. The van der Waals surface area contributed by atoms with Crippen molar-refractivity contribution < 1.29 is 4.39 Å². The molecule has 0 bridgehead atoms. The highest BCUT2D eigenvalue weighted by atomic mass is 19.1. The third-order valence-electron chi connectivity index (χ3n) is 4.04. The van der Waals surface area contributed by atoms with Gasteiger partial charge in [-0.3, -0.25) is 14.3 Å². The molecule has 1 saturated heterocycles. The van der Waals surface area contributed by atoms with Gasteiger partial charge < -0.3 is 4.90 Å². The number of hydrogen-bond donors (Lipinski definition) is 0. The van der Waals surface area contributed by atoms with Crippen LogP contribution in [0.1, 0.15) is 0 Å². The summed E-state index contributed by atoms with van der Waals surface area (Å²) in [7, 11) is 2.12. The Morgan fingerprint density at radius 1 is 1.19 bits per heavy atom. The number of nitrogens with zero attached hydrogens (tertiary/aromatic N) is 4. The summed E-state index contributed by atoms with van der Waals surface area (Å²) in [5.74, 6) is -0.371. The first-order valence-corrected chi connectivity index (χ1v) is 7.19. The molecule has 112 valence electrons. The molecule has 1 aromatic heterocycles. The maximum atomic E-state index is 13.1. The lowest BCUT2D eigenvalue weighted by Crippen LogP contribution is -2.45. The van der Waals surface area contributed by atoms with E-state index < -0.39 is 0 Å². The van der Waals surface area contributed by atoms with Crippen LogP contribution in [0.2, 0.25) is 0 Å². The molecule has 0 amide bonds. The topological polar surface area (TPSA) is 41.4 Å². The molecule has 0 unspecified atom stereocenters. The molecule has 2 heterocycles. The third-order valence-corrected chi connectivity index (χ3v) is 4.04. The highest BCUT2D eigenvalue weighted by Crippen LogP contribution is 2.08. The van der Waals surface area contributed by atoms with E-state index in [0.717, 1.165) is 32.7 Å². The fourth-order valence-corrected chi connectivity index (χ4v) is 2.61. The zero-order valence-corrected chi connectivity index (χ0v) is 12.1. The van der Waals surface area contributed by atoms with Gasteiger partial charge in [0.15, 0.2) is 0 Å². The van der Waals surface area contributed by atoms with Gasteiger partial charge in [-0.15, -0.1) is 0 Å². The Morgan fingerprint density at radius 3 is 2.71 bits per heavy atom. The smallest absolute Gasteiger partial charge is 0.261 e. The van der Waals surface area contributed by atoms with Crippen LogP contribution < -0.4 is 5.56 Å². The molecule has 1 aromatic carbocycles. The molecule has 2 aromatic rings. The summed E-state index contributed by atoms with van der Waals surface area (Å²) < 4.78 is 14.7. The fourth-order valence-electron chi connectivity index (χ4n) is 2.61. The Balaban J connectivity index is 1.74. The Bertz CT molecular complexity index is 692. The molecule has 3 rings (SSSR count). The molecule has 21 heavy (non-hydrogen) atoms. The van der Waals surface area contributed by atoms with Crippen molar-refractivity contribution in [2.24, 2.45) is 0 Å². The lowest BCUT2D eigenvalue weighted by molar-refractivity contribution is 0.149. The van der Waals surface area contributed by atoms with E-state index in [2.05, 4.69) is 21.8 Å². The molecule has 1 aliphatic heterocycles. The monoisotopic (exact) mass is 290 g/mol. The van der Waals surface area contributed by atoms with Gasteiger partial charge in [0.2, 0.25) is 0 Å². The van der Waals surface area contributed by atoms with Crippen LogP contribution in [0.25, 0.3) is 10.9 Å². The van der Waals surface area contributed by atoms with Crippen molar-refractivity contribution >= 4 is 10.9 Å². The Labute approximate surface area is 122 Å². The summed E-state index contributed by atoms with van der Waals surface area (Å²) >= 11 is 0. The summed E-state index contributed by atoms with van der Waals surface area (Å²) in [4.78, 5) is 21.2. The molecule has 6 heteroatoms. The van der Waals surface area contributed by atoms with Crippen molar-refractivity contribution in [2.75, 3.05) is 39.8 Å². The highest BCUT2D eigenvalue weighted by Gasteiger charge is 2.13. The fraction of sp³-hybridized carbons (Fsp3) is 0.467. The quantitative estimate of drug-likeness (QED) is 0.838. The minimum Gasteiger partial charge on any atom is -0.304 e. The highest BCUT2D eigenvalue weighted by molar-refractivity contribution is 5.77. The second kappa shape index (κ2) is 5.91. The summed E-state index contributed by atoms with van der Waals surface area (Å²) in [5, 5.41) is 0.470. The molecular formula is C15H19FN4O. The SMILES string of the molecule is CN1CCN(CCn2cnc3cc(F)ccc3c2=O)CC1. The number of halogens is 1. The van der Waals surface area contributed by atoms with Crippen LogP contribution in [-0.4, -0.2) is 59.1 Å². The van der Waals surface area contributed by atoms with E-state index in [0.29, 0.717) is 17.4 Å². The van der Waals surface area contributed by atoms with Crippen molar-refractivity contribution in [3.63, 3.8) is 0 Å². The van der Waals surface area contributed by atoms with Crippen molar-refractivity contribution in [3.05, 3.63) is 40.7 Å². The molecule has 0 N–H and O–H groups in total. The van der Waals surface area contributed by atoms with Crippen LogP contribution >= 0.6 is 0 Å². The molecule has 0 radical (unpaired) electrons. The Kier molecular flexibility index (Phi) is 3.98. The predicted molar refractivity (Wildman–Crippen MR) is 79.9 cm³/mol. The molecule has 0 aliphatic carbocycles. The van der Waals surface area contributed by atoms with Crippen LogP contribution in [-0.2, 0) is 6.54 Å². The Hall–Kier alpha value is -1.79. The number of benzene rings is 1. The average Bonchev–Trinajstić information content (AvgIpc) is 2.48. The number of fused-ring (bicyclic) bond motifs is 1. The van der Waals surface area contributed by atoms with Gasteiger partial charge in [-0.1, -0.05) is 0 Å². The van der Waals surface area contributed by atoms with E-state index in [1.807, 2.05) is 0 Å². The number of piperazine rings is 1. The van der Waals surface area contributed by atoms with Gasteiger partial charge in [-0.2, -0.15) is 0 Å².